The molecule has 2 rings (SSSR count). The number of halogens is 2. The zero-order valence-electron chi connectivity index (χ0n) is 15.3. The lowest BCUT2D eigenvalue weighted by Crippen LogP contribution is -2.44. The van der Waals surface area contributed by atoms with Gasteiger partial charge >= 0.3 is 12.1 Å². The van der Waals surface area contributed by atoms with E-state index in [0.717, 1.165) is 0 Å². The third kappa shape index (κ3) is 6.25. The average molecular weight is 394 g/mol. The molecule has 0 aliphatic heterocycles. The Bertz CT molecular complexity index is 831. The highest BCUT2D eigenvalue weighted by atomic mass is 35.5. The van der Waals surface area contributed by atoms with Gasteiger partial charge in [-0.25, -0.2) is 14.0 Å². The number of benzene rings is 2. The van der Waals surface area contributed by atoms with Gasteiger partial charge in [0, 0.05) is 17.0 Å². The fraction of sp³-hybridized carbons (Fsp3) is 0.300. The van der Waals surface area contributed by atoms with Crippen LogP contribution in [0.25, 0.3) is 11.1 Å². The van der Waals surface area contributed by atoms with Crippen LogP contribution in [0, 0.1) is 5.82 Å². The first-order valence-corrected chi connectivity index (χ1v) is 8.69. The van der Waals surface area contributed by atoms with Crippen molar-refractivity contribution in [1.29, 1.82) is 0 Å². The van der Waals surface area contributed by atoms with E-state index >= 15 is 0 Å². The zero-order valence-corrected chi connectivity index (χ0v) is 16.0. The summed E-state index contributed by atoms with van der Waals surface area (Å²) < 4.78 is 19.0. The summed E-state index contributed by atoms with van der Waals surface area (Å²) in [6.45, 7) is 5.07. The maximum absolute atomic E-state index is 14.0. The van der Waals surface area contributed by atoms with Crippen molar-refractivity contribution in [2.75, 3.05) is 0 Å². The molecule has 0 spiro atoms. The molecule has 0 saturated heterocycles. The number of ether oxygens (including phenoxy) is 1. The number of rotatable bonds is 5. The van der Waals surface area contributed by atoms with Gasteiger partial charge in [0.25, 0.3) is 0 Å². The van der Waals surface area contributed by atoms with Crippen LogP contribution in [0.15, 0.2) is 42.5 Å². The Kier molecular flexibility index (Phi) is 6.44. The average Bonchev–Trinajstić information content (AvgIpc) is 2.55. The van der Waals surface area contributed by atoms with Crippen molar-refractivity contribution in [3.63, 3.8) is 0 Å². The maximum atomic E-state index is 14.0. The number of carbonyl (C=O) groups excluding carboxylic acids is 1. The minimum Gasteiger partial charge on any atom is -0.480 e. The topological polar surface area (TPSA) is 75.6 Å². The highest BCUT2D eigenvalue weighted by Gasteiger charge is 2.24. The van der Waals surface area contributed by atoms with Gasteiger partial charge in [0.1, 0.15) is 17.5 Å². The molecule has 0 radical (unpaired) electrons. The normalized spacial score (nSPS) is 12.3. The summed E-state index contributed by atoms with van der Waals surface area (Å²) in [5.41, 5.74) is 0.918. The molecule has 0 aromatic heterocycles. The minimum absolute atomic E-state index is 0.0624. The van der Waals surface area contributed by atoms with E-state index in [2.05, 4.69) is 5.32 Å². The van der Waals surface area contributed by atoms with Crippen molar-refractivity contribution < 1.29 is 23.8 Å². The van der Waals surface area contributed by atoms with Crippen LogP contribution >= 0.6 is 11.6 Å². The van der Waals surface area contributed by atoms with Gasteiger partial charge in [-0.2, -0.15) is 0 Å². The Morgan fingerprint density at radius 3 is 2.37 bits per heavy atom. The second-order valence-corrected chi connectivity index (χ2v) is 7.50. The van der Waals surface area contributed by atoms with Crippen LogP contribution in [-0.4, -0.2) is 28.8 Å². The molecular weight excluding hydrogens is 373 g/mol. The third-order valence-corrected chi connectivity index (χ3v) is 3.86. The lowest BCUT2D eigenvalue weighted by atomic mass is 10.0. The predicted octanol–water partition coefficient (Wildman–Crippen LogP) is 4.67. The van der Waals surface area contributed by atoms with Gasteiger partial charge in [-0.1, -0.05) is 35.9 Å². The molecule has 0 heterocycles. The molecule has 0 aliphatic carbocycles. The summed E-state index contributed by atoms with van der Waals surface area (Å²) in [4.78, 5) is 23.3. The molecule has 0 bridgehead atoms. The van der Waals surface area contributed by atoms with Crippen molar-refractivity contribution in [2.24, 2.45) is 0 Å². The Hall–Kier alpha value is -2.60. The second kappa shape index (κ2) is 8.39. The number of carboxylic acid groups (broad SMARTS) is 1. The van der Waals surface area contributed by atoms with E-state index in [9.17, 15) is 19.1 Å². The smallest absolute Gasteiger partial charge is 0.408 e. The quantitative estimate of drug-likeness (QED) is 0.774. The van der Waals surface area contributed by atoms with Crippen LogP contribution in [-0.2, 0) is 16.0 Å². The van der Waals surface area contributed by atoms with Crippen molar-refractivity contribution in [3.8, 4) is 11.1 Å². The summed E-state index contributed by atoms with van der Waals surface area (Å²) in [7, 11) is 0. The van der Waals surface area contributed by atoms with Crippen LogP contribution in [0.5, 0.6) is 0 Å². The minimum atomic E-state index is -1.18. The molecule has 2 aromatic carbocycles. The molecule has 1 amide bonds. The molecule has 0 fully saturated rings. The molecular formula is C20H21ClFNO4. The number of hydrogen-bond acceptors (Lipinski definition) is 3. The molecule has 7 heteroatoms. The summed E-state index contributed by atoms with van der Waals surface area (Å²) >= 11 is 5.91. The predicted molar refractivity (Wildman–Crippen MR) is 101 cm³/mol. The highest BCUT2D eigenvalue weighted by molar-refractivity contribution is 6.30. The van der Waals surface area contributed by atoms with Crippen molar-refractivity contribution >= 4 is 23.7 Å². The lowest BCUT2D eigenvalue weighted by molar-refractivity contribution is -0.139. The largest absolute Gasteiger partial charge is 0.480 e. The van der Waals surface area contributed by atoms with E-state index in [1.807, 2.05) is 0 Å². The van der Waals surface area contributed by atoms with Crippen LogP contribution < -0.4 is 5.32 Å². The van der Waals surface area contributed by atoms with E-state index < -0.39 is 29.5 Å². The fourth-order valence-corrected chi connectivity index (χ4v) is 2.60. The van der Waals surface area contributed by atoms with Gasteiger partial charge in [0.15, 0.2) is 0 Å². The monoisotopic (exact) mass is 393 g/mol. The molecule has 1 unspecified atom stereocenters. The standard InChI is InChI=1S/C20H21ClFNO4/c1-20(2,3)27-19(26)23-17(18(24)25)10-12-4-6-13(7-5-12)15-11-14(21)8-9-16(15)22/h4-9,11,17H,10H2,1-3H3,(H,23,26)(H,24,25). The van der Waals surface area contributed by atoms with Gasteiger partial charge in [0.2, 0.25) is 0 Å². The first kappa shape index (κ1) is 20.7. The van der Waals surface area contributed by atoms with Crippen LogP contribution in [0.2, 0.25) is 5.02 Å². The highest BCUT2D eigenvalue weighted by Crippen LogP contribution is 2.26. The molecule has 0 aliphatic rings. The zero-order chi connectivity index (χ0) is 20.2. The number of carbonyl (C=O) groups is 2. The number of hydrogen-bond donors (Lipinski definition) is 2. The SMILES string of the molecule is CC(C)(C)OC(=O)NC(Cc1ccc(-c2cc(Cl)ccc2F)cc1)C(=O)O. The van der Waals surface area contributed by atoms with Crippen molar-refractivity contribution in [3.05, 3.63) is 58.9 Å². The number of nitrogens with one attached hydrogen (secondary N) is 1. The van der Waals surface area contributed by atoms with Gasteiger partial charge in [-0.15, -0.1) is 0 Å². The molecule has 5 nitrogen and oxygen atoms in total. The molecule has 2 aromatic rings. The first-order valence-electron chi connectivity index (χ1n) is 8.32. The molecule has 0 saturated carbocycles. The van der Waals surface area contributed by atoms with Crippen molar-refractivity contribution in [2.45, 2.75) is 38.8 Å². The second-order valence-electron chi connectivity index (χ2n) is 7.06. The summed E-state index contributed by atoms with van der Waals surface area (Å²) in [6.07, 6.45) is -0.736. The van der Waals surface area contributed by atoms with Crippen LogP contribution in [0.4, 0.5) is 9.18 Å². The number of alkyl carbamates (subject to hydrolysis) is 1. The fourth-order valence-electron chi connectivity index (χ4n) is 2.42. The maximum Gasteiger partial charge on any atom is 0.408 e. The molecule has 144 valence electrons. The van der Waals surface area contributed by atoms with E-state index in [0.29, 0.717) is 21.7 Å². The van der Waals surface area contributed by atoms with Crippen LogP contribution in [0.1, 0.15) is 26.3 Å². The first-order chi connectivity index (χ1) is 12.5. The van der Waals surface area contributed by atoms with Gasteiger partial charge in [-0.3, -0.25) is 0 Å². The lowest BCUT2D eigenvalue weighted by Gasteiger charge is -2.22. The van der Waals surface area contributed by atoms with Gasteiger partial charge < -0.3 is 15.2 Å². The Morgan fingerprint density at radius 2 is 1.81 bits per heavy atom. The number of carboxylic acids is 1. The number of amides is 1. The Balaban J connectivity index is 2.12. The van der Waals surface area contributed by atoms with E-state index in [1.165, 1.54) is 18.2 Å². The summed E-state index contributed by atoms with van der Waals surface area (Å²) in [5.74, 6) is -1.58. The van der Waals surface area contributed by atoms with Gasteiger partial charge in [-0.05, 0) is 50.1 Å². The summed E-state index contributed by atoms with van der Waals surface area (Å²) in [6, 6.07) is 9.85. The third-order valence-electron chi connectivity index (χ3n) is 3.62. The van der Waals surface area contributed by atoms with Gasteiger partial charge in [0.05, 0.1) is 0 Å². The van der Waals surface area contributed by atoms with Crippen LogP contribution in [0.3, 0.4) is 0 Å². The molecule has 1 atom stereocenters. The summed E-state index contributed by atoms with van der Waals surface area (Å²) in [5, 5.41) is 12.1. The van der Waals surface area contributed by atoms with Crippen molar-refractivity contribution in [1.82, 2.24) is 5.32 Å². The molecule has 27 heavy (non-hydrogen) atoms. The van der Waals surface area contributed by atoms with E-state index in [4.69, 9.17) is 16.3 Å². The molecule has 2 N–H and O–H groups in total. The van der Waals surface area contributed by atoms with E-state index in [-0.39, 0.29) is 6.42 Å². The van der Waals surface area contributed by atoms with E-state index in [1.54, 1.807) is 45.0 Å². The Morgan fingerprint density at radius 1 is 1.19 bits per heavy atom. The Labute approximate surface area is 162 Å². The number of aliphatic carboxylic acids is 1.